The topological polar surface area (TPSA) is 51.3 Å². The zero-order valence-corrected chi connectivity index (χ0v) is 8.92. The molecule has 0 saturated carbocycles. The van der Waals surface area contributed by atoms with Gasteiger partial charge in [-0.2, -0.15) is 0 Å². The lowest BCUT2D eigenvalue weighted by Gasteiger charge is -2.04. The smallest absolute Gasteiger partial charge is 0.0848 e. The van der Waals surface area contributed by atoms with E-state index in [0.29, 0.717) is 10.7 Å². The van der Waals surface area contributed by atoms with Crippen LogP contribution in [0.4, 0.5) is 0 Å². The molecule has 0 bridgehead atoms. The maximum Gasteiger partial charge on any atom is 0.0848 e. The number of pyridine rings is 1. The Morgan fingerprint density at radius 1 is 1.43 bits per heavy atom. The van der Waals surface area contributed by atoms with Crippen molar-refractivity contribution in [3.05, 3.63) is 35.1 Å². The number of halogens is 1. The highest BCUT2D eigenvalue weighted by Gasteiger charge is 2.05. The fourth-order valence-electron chi connectivity index (χ4n) is 0.951. The van der Waals surface area contributed by atoms with Crippen LogP contribution in [0.3, 0.4) is 0 Å². The fraction of sp³-hybridized carbons (Fsp3) is 0.200. The molecule has 1 rings (SSSR count). The van der Waals surface area contributed by atoms with Gasteiger partial charge in [0.05, 0.1) is 16.4 Å². The van der Waals surface area contributed by atoms with E-state index in [2.05, 4.69) is 9.98 Å². The van der Waals surface area contributed by atoms with E-state index in [4.69, 9.17) is 17.3 Å². The molecule has 0 aliphatic heterocycles. The number of aliphatic imine (C=N–C) groups is 1. The van der Waals surface area contributed by atoms with Crippen molar-refractivity contribution in [2.45, 2.75) is 6.92 Å². The van der Waals surface area contributed by atoms with Gasteiger partial charge < -0.3 is 5.73 Å². The van der Waals surface area contributed by atoms with Gasteiger partial charge in [-0.3, -0.25) is 9.98 Å². The molecular formula is C10H12ClN3. The van der Waals surface area contributed by atoms with E-state index in [1.54, 1.807) is 31.6 Å². The quantitative estimate of drug-likeness (QED) is 0.758. The summed E-state index contributed by atoms with van der Waals surface area (Å²) in [4.78, 5) is 7.87. The molecule has 0 saturated heterocycles. The highest BCUT2D eigenvalue weighted by molar-refractivity contribution is 6.46. The Labute approximate surface area is 88.3 Å². The average molecular weight is 210 g/mol. The van der Waals surface area contributed by atoms with Crippen LogP contribution in [0.25, 0.3) is 5.70 Å². The van der Waals surface area contributed by atoms with Crippen molar-refractivity contribution < 1.29 is 0 Å². The first-order valence-corrected chi connectivity index (χ1v) is 4.54. The lowest BCUT2D eigenvalue weighted by atomic mass is 10.2. The van der Waals surface area contributed by atoms with Gasteiger partial charge in [0.2, 0.25) is 0 Å². The number of rotatable bonds is 2. The van der Waals surface area contributed by atoms with Crippen molar-refractivity contribution in [1.29, 1.82) is 0 Å². The first-order valence-electron chi connectivity index (χ1n) is 4.16. The zero-order chi connectivity index (χ0) is 10.6. The molecular weight excluding hydrogens is 198 g/mol. The lowest BCUT2D eigenvalue weighted by Crippen LogP contribution is -2.04. The summed E-state index contributed by atoms with van der Waals surface area (Å²) in [7, 11) is 1.68. The third-order valence-electron chi connectivity index (χ3n) is 1.88. The largest absolute Gasteiger partial charge is 0.397 e. The summed E-state index contributed by atoms with van der Waals surface area (Å²) in [6.45, 7) is 1.82. The predicted molar refractivity (Wildman–Crippen MR) is 60.2 cm³/mol. The maximum absolute atomic E-state index is 6.02. The molecule has 1 aromatic heterocycles. The van der Waals surface area contributed by atoms with Crippen LogP contribution < -0.4 is 5.73 Å². The molecule has 0 atom stereocenters. The first-order chi connectivity index (χ1) is 6.66. The van der Waals surface area contributed by atoms with Crippen LogP contribution in [0.1, 0.15) is 12.5 Å². The number of hydrogen-bond donors (Lipinski definition) is 1. The van der Waals surface area contributed by atoms with Gasteiger partial charge >= 0.3 is 0 Å². The van der Waals surface area contributed by atoms with Crippen molar-refractivity contribution in [1.82, 2.24) is 4.98 Å². The molecule has 0 radical (unpaired) electrons. The standard InChI is InChI=1S/C10H12ClN3/c1-7(13-2)9(11)10(12)8-3-5-14-6-4-8/h3-6H,12H2,1-2H3. The van der Waals surface area contributed by atoms with Crippen LogP contribution in [0.15, 0.2) is 34.6 Å². The maximum atomic E-state index is 6.02. The van der Waals surface area contributed by atoms with E-state index in [-0.39, 0.29) is 0 Å². The Bertz CT molecular complexity index is 368. The molecule has 0 aromatic carbocycles. The van der Waals surface area contributed by atoms with Crippen LogP contribution in [0.2, 0.25) is 0 Å². The van der Waals surface area contributed by atoms with E-state index in [9.17, 15) is 0 Å². The van der Waals surface area contributed by atoms with Crippen molar-refractivity contribution in [2.24, 2.45) is 10.7 Å². The van der Waals surface area contributed by atoms with E-state index in [0.717, 1.165) is 11.3 Å². The molecule has 0 amide bonds. The van der Waals surface area contributed by atoms with Crippen LogP contribution in [0, 0.1) is 0 Å². The van der Waals surface area contributed by atoms with E-state index in [1.165, 1.54) is 0 Å². The SMILES string of the molecule is CN=C(C)C(Cl)=C(N)c1ccncc1. The van der Waals surface area contributed by atoms with Crippen molar-refractivity contribution in [2.75, 3.05) is 7.05 Å². The summed E-state index contributed by atoms with van der Waals surface area (Å²) >= 11 is 6.02. The Kier molecular flexibility index (Phi) is 3.65. The minimum Gasteiger partial charge on any atom is -0.397 e. The molecule has 14 heavy (non-hydrogen) atoms. The predicted octanol–water partition coefficient (Wildman–Crippen LogP) is 2.04. The second kappa shape index (κ2) is 4.77. The Balaban J connectivity index is 3.12. The minimum atomic E-state index is 0.485. The number of nitrogens with zero attached hydrogens (tertiary/aromatic N) is 2. The van der Waals surface area contributed by atoms with Crippen LogP contribution >= 0.6 is 11.6 Å². The van der Waals surface area contributed by atoms with Gasteiger partial charge in [-0.05, 0) is 19.1 Å². The monoisotopic (exact) mass is 209 g/mol. The summed E-state index contributed by atoms with van der Waals surface area (Å²) in [5, 5.41) is 0.485. The van der Waals surface area contributed by atoms with Gasteiger partial charge in [0.15, 0.2) is 0 Å². The third-order valence-corrected chi connectivity index (χ3v) is 2.36. The third kappa shape index (κ3) is 2.33. The van der Waals surface area contributed by atoms with Gasteiger partial charge in [-0.15, -0.1) is 0 Å². The highest BCUT2D eigenvalue weighted by Crippen LogP contribution is 2.16. The molecule has 2 N–H and O–H groups in total. The van der Waals surface area contributed by atoms with Crippen LogP contribution in [-0.4, -0.2) is 17.7 Å². The molecule has 0 fully saturated rings. The van der Waals surface area contributed by atoms with Crippen molar-refractivity contribution >= 4 is 23.0 Å². The van der Waals surface area contributed by atoms with E-state index < -0.39 is 0 Å². The Morgan fingerprint density at radius 2 is 2.00 bits per heavy atom. The van der Waals surface area contributed by atoms with Crippen LogP contribution in [0.5, 0.6) is 0 Å². The molecule has 4 heteroatoms. The van der Waals surface area contributed by atoms with Crippen LogP contribution in [-0.2, 0) is 0 Å². The van der Waals surface area contributed by atoms with Crippen molar-refractivity contribution in [3.8, 4) is 0 Å². The second-order valence-electron chi connectivity index (χ2n) is 2.77. The van der Waals surface area contributed by atoms with E-state index in [1.807, 2.05) is 6.92 Å². The van der Waals surface area contributed by atoms with Gasteiger partial charge in [-0.1, -0.05) is 11.6 Å². The average Bonchev–Trinajstić information content (AvgIpc) is 2.27. The van der Waals surface area contributed by atoms with Gasteiger partial charge in [0.1, 0.15) is 0 Å². The molecule has 0 spiro atoms. The minimum absolute atomic E-state index is 0.485. The highest BCUT2D eigenvalue weighted by atomic mass is 35.5. The van der Waals surface area contributed by atoms with E-state index >= 15 is 0 Å². The molecule has 0 unspecified atom stereocenters. The summed E-state index contributed by atoms with van der Waals surface area (Å²) in [5.74, 6) is 0. The zero-order valence-electron chi connectivity index (χ0n) is 8.16. The number of allylic oxidation sites excluding steroid dienone is 1. The summed E-state index contributed by atoms with van der Waals surface area (Å²) in [6, 6.07) is 3.61. The van der Waals surface area contributed by atoms with Gasteiger partial charge in [0.25, 0.3) is 0 Å². The molecule has 1 heterocycles. The number of nitrogens with two attached hydrogens (primary N) is 1. The number of hydrogen-bond acceptors (Lipinski definition) is 3. The first kappa shape index (κ1) is 10.7. The normalized spacial score (nSPS) is 13.8. The fourth-order valence-corrected chi connectivity index (χ4v) is 1.14. The second-order valence-corrected chi connectivity index (χ2v) is 3.15. The molecule has 3 nitrogen and oxygen atoms in total. The summed E-state index contributed by atoms with van der Waals surface area (Å²) in [6.07, 6.45) is 3.34. The molecule has 0 aliphatic carbocycles. The lowest BCUT2D eigenvalue weighted by molar-refractivity contribution is 1.31. The molecule has 74 valence electrons. The molecule has 1 aromatic rings. The van der Waals surface area contributed by atoms with Gasteiger partial charge in [0, 0.05) is 25.0 Å². The summed E-state index contributed by atoms with van der Waals surface area (Å²) in [5.41, 5.74) is 7.96. The summed E-state index contributed by atoms with van der Waals surface area (Å²) < 4.78 is 0. The van der Waals surface area contributed by atoms with Gasteiger partial charge in [-0.25, -0.2) is 0 Å². The van der Waals surface area contributed by atoms with Crippen molar-refractivity contribution in [3.63, 3.8) is 0 Å². The Morgan fingerprint density at radius 3 is 2.50 bits per heavy atom. The number of aromatic nitrogens is 1. The molecule has 0 aliphatic rings. The Hall–Kier alpha value is -1.35.